The quantitative estimate of drug-likeness (QED) is 0.803. The molecule has 1 aromatic heterocycles. The minimum Gasteiger partial charge on any atom is -0.339 e. The Bertz CT molecular complexity index is 760. The van der Waals surface area contributed by atoms with E-state index >= 15 is 0 Å². The summed E-state index contributed by atoms with van der Waals surface area (Å²) in [6.07, 6.45) is 5.09. The van der Waals surface area contributed by atoms with Gasteiger partial charge in [-0.2, -0.15) is 0 Å². The van der Waals surface area contributed by atoms with Gasteiger partial charge in [-0.3, -0.25) is 19.6 Å². The molecule has 1 saturated carbocycles. The third-order valence-electron chi connectivity index (χ3n) is 6.82. The van der Waals surface area contributed by atoms with Crippen molar-refractivity contribution < 1.29 is 4.79 Å². The predicted molar refractivity (Wildman–Crippen MR) is 113 cm³/mol. The second-order valence-electron chi connectivity index (χ2n) is 8.81. The Morgan fingerprint density at radius 1 is 1.07 bits per heavy atom. The molecular formula is C23H34N4O. The number of hydrogen-bond donors (Lipinski definition) is 0. The van der Waals surface area contributed by atoms with E-state index < -0.39 is 0 Å². The highest BCUT2D eigenvalue weighted by Crippen LogP contribution is 2.29. The van der Waals surface area contributed by atoms with Crippen LogP contribution in [0.5, 0.6) is 0 Å². The van der Waals surface area contributed by atoms with Crippen molar-refractivity contribution in [2.24, 2.45) is 0 Å². The molecule has 152 valence electrons. The maximum absolute atomic E-state index is 12.8. The molecule has 1 amide bonds. The lowest BCUT2D eigenvalue weighted by molar-refractivity contribution is -0.134. The van der Waals surface area contributed by atoms with Crippen molar-refractivity contribution in [2.75, 3.05) is 45.8 Å². The fraction of sp³-hybridized carbons (Fsp3) is 0.652. The lowest BCUT2D eigenvalue weighted by Gasteiger charge is -2.43. The summed E-state index contributed by atoms with van der Waals surface area (Å²) in [5, 5.41) is 0. The summed E-state index contributed by atoms with van der Waals surface area (Å²) in [4.78, 5) is 24.4. The molecule has 1 saturated heterocycles. The van der Waals surface area contributed by atoms with Gasteiger partial charge in [-0.05, 0) is 57.2 Å². The van der Waals surface area contributed by atoms with E-state index in [0.29, 0.717) is 12.5 Å². The SMILES string of the molecule is CC1=C(c2ccc(C)nc2C)CCN(CC(=O)N2CCN(C3CCC3)CC2)C1. The normalized spacial score (nSPS) is 22.5. The third kappa shape index (κ3) is 4.15. The number of nitrogens with zero attached hydrogens (tertiary/aromatic N) is 4. The Balaban J connectivity index is 1.32. The molecule has 0 spiro atoms. The average Bonchev–Trinajstić information content (AvgIpc) is 2.62. The molecule has 0 N–H and O–H groups in total. The predicted octanol–water partition coefficient (Wildman–Crippen LogP) is 2.87. The van der Waals surface area contributed by atoms with Gasteiger partial charge in [-0.1, -0.05) is 18.1 Å². The van der Waals surface area contributed by atoms with E-state index in [1.165, 1.54) is 36.0 Å². The molecule has 4 rings (SSSR count). The van der Waals surface area contributed by atoms with Gasteiger partial charge < -0.3 is 4.90 Å². The van der Waals surface area contributed by atoms with Crippen molar-refractivity contribution in [1.82, 2.24) is 19.7 Å². The number of rotatable bonds is 4. The van der Waals surface area contributed by atoms with E-state index in [4.69, 9.17) is 0 Å². The minimum absolute atomic E-state index is 0.303. The van der Waals surface area contributed by atoms with Gasteiger partial charge in [0.15, 0.2) is 0 Å². The van der Waals surface area contributed by atoms with Crippen molar-refractivity contribution in [2.45, 2.75) is 52.5 Å². The number of pyridine rings is 1. The molecule has 0 unspecified atom stereocenters. The molecule has 1 aliphatic carbocycles. The van der Waals surface area contributed by atoms with Crippen LogP contribution in [0.2, 0.25) is 0 Å². The topological polar surface area (TPSA) is 39.7 Å². The fourth-order valence-electron chi connectivity index (χ4n) is 4.88. The molecule has 1 aromatic rings. The zero-order valence-electron chi connectivity index (χ0n) is 17.7. The molecule has 3 aliphatic rings. The van der Waals surface area contributed by atoms with Crippen LogP contribution in [-0.4, -0.2) is 77.4 Å². The first-order chi connectivity index (χ1) is 13.5. The number of piperazine rings is 1. The Morgan fingerprint density at radius 2 is 1.82 bits per heavy atom. The molecule has 3 heterocycles. The highest BCUT2D eigenvalue weighted by Gasteiger charge is 2.30. The number of carbonyl (C=O) groups excluding carboxylic acids is 1. The average molecular weight is 383 g/mol. The summed E-state index contributed by atoms with van der Waals surface area (Å²) < 4.78 is 0. The lowest BCUT2D eigenvalue weighted by atomic mass is 9.91. The molecule has 0 bridgehead atoms. The number of hydrogen-bond acceptors (Lipinski definition) is 4. The van der Waals surface area contributed by atoms with Crippen LogP contribution in [0.1, 0.15) is 49.6 Å². The Labute approximate surface area is 169 Å². The van der Waals surface area contributed by atoms with Crippen LogP contribution in [-0.2, 0) is 4.79 Å². The molecule has 2 fully saturated rings. The minimum atomic E-state index is 0.303. The number of aryl methyl sites for hydroxylation is 2. The Hall–Kier alpha value is -1.72. The second kappa shape index (κ2) is 8.34. The van der Waals surface area contributed by atoms with Crippen LogP contribution in [0.3, 0.4) is 0 Å². The highest BCUT2D eigenvalue weighted by molar-refractivity contribution is 5.79. The summed E-state index contributed by atoms with van der Waals surface area (Å²) in [5.41, 5.74) is 6.26. The summed E-state index contributed by atoms with van der Waals surface area (Å²) in [6, 6.07) is 5.10. The van der Waals surface area contributed by atoms with Crippen molar-refractivity contribution in [3.8, 4) is 0 Å². The first kappa shape index (κ1) is 19.6. The summed E-state index contributed by atoms with van der Waals surface area (Å²) in [6.45, 7) is 12.7. The Morgan fingerprint density at radius 3 is 2.43 bits per heavy atom. The summed E-state index contributed by atoms with van der Waals surface area (Å²) >= 11 is 0. The van der Waals surface area contributed by atoms with Crippen molar-refractivity contribution in [3.05, 3.63) is 34.7 Å². The molecular weight excluding hydrogens is 348 g/mol. The van der Waals surface area contributed by atoms with Crippen molar-refractivity contribution >= 4 is 11.5 Å². The van der Waals surface area contributed by atoms with Crippen LogP contribution < -0.4 is 0 Å². The molecule has 0 aromatic carbocycles. The molecule has 0 radical (unpaired) electrons. The van der Waals surface area contributed by atoms with Gasteiger partial charge in [0.25, 0.3) is 0 Å². The van der Waals surface area contributed by atoms with Gasteiger partial charge in [0.1, 0.15) is 0 Å². The third-order valence-corrected chi connectivity index (χ3v) is 6.82. The standard InChI is InChI=1S/C23H34N4O/c1-17-15-25(10-9-21(17)22-8-7-18(2)24-19(22)3)16-23(28)27-13-11-26(12-14-27)20-5-4-6-20/h7-8,20H,4-6,9-16H2,1-3H3. The zero-order chi connectivity index (χ0) is 19.7. The van der Waals surface area contributed by atoms with E-state index in [1.54, 1.807) is 0 Å². The molecule has 28 heavy (non-hydrogen) atoms. The zero-order valence-corrected chi connectivity index (χ0v) is 17.7. The van der Waals surface area contributed by atoms with Crippen LogP contribution in [0.15, 0.2) is 17.7 Å². The van der Waals surface area contributed by atoms with Crippen molar-refractivity contribution in [1.29, 1.82) is 0 Å². The summed E-state index contributed by atoms with van der Waals surface area (Å²) in [7, 11) is 0. The van der Waals surface area contributed by atoms with E-state index in [9.17, 15) is 4.79 Å². The maximum atomic E-state index is 12.8. The van der Waals surface area contributed by atoms with Crippen LogP contribution >= 0.6 is 0 Å². The number of carbonyl (C=O) groups is 1. The van der Waals surface area contributed by atoms with E-state index in [0.717, 1.165) is 63.1 Å². The maximum Gasteiger partial charge on any atom is 0.236 e. The van der Waals surface area contributed by atoms with Crippen LogP contribution in [0, 0.1) is 13.8 Å². The monoisotopic (exact) mass is 382 g/mol. The fourth-order valence-corrected chi connectivity index (χ4v) is 4.88. The highest BCUT2D eigenvalue weighted by atomic mass is 16.2. The first-order valence-electron chi connectivity index (χ1n) is 10.9. The van der Waals surface area contributed by atoms with Gasteiger partial charge in [0.05, 0.1) is 6.54 Å². The van der Waals surface area contributed by atoms with Gasteiger partial charge in [-0.15, -0.1) is 0 Å². The van der Waals surface area contributed by atoms with Gasteiger partial charge in [-0.25, -0.2) is 0 Å². The largest absolute Gasteiger partial charge is 0.339 e. The van der Waals surface area contributed by atoms with E-state index in [2.05, 4.69) is 45.7 Å². The first-order valence-corrected chi connectivity index (χ1v) is 10.9. The van der Waals surface area contributed by atoms with Crippen LogP contribution in [0.25, 0.3) is 5.57 Å². The van der Waals surface area contributed by atoms with Gasteiger partial charge in [0.2, 0.25) is 5.91 Å². The summed E-state index contributed by atoms with van der Waals surface area (Å²) in [5.74, 6) is 0.303. The molecule has 5 nitrogen and oxygen atoms in total. The second-order valence-corrected chi connectivity index (χ2v) is 8.81. The molecule has 2 aliphatic heterocycles. The van der Waals surface area contributed by atoms with Crippen LogP contribution in [0.4, 0.5) is 0 Å². The van der Waals surface area contributed by atoms with Crippen molar-refractivity contribution in [3.63, 3.8) is 0 Å². The van der Waals surface area contributed by atoms with Gasteiger partial charge >= 0.3 is 0 Å². The molecule has 5 heteroatoms. The smallest absolute Gasteiger partial charge is 0.236 e. The number of aromatic nitrogens is 1. The van der Waals surface area contributed by atoms with E-state index in [1.807, 2.05) is 6.92 Å². The molecule has 0 atom stereocenters. The Kier molecular flexibility index (Phi) is 5.83. The van der Waals surface area contributed by atoms with Gasteiger partial charge in [0, 0.05) is 56.7 Å². The number of amides is 1. The van der Waals surface area contributed by atoms with E-state index in [-0.39, 0.29) is 0 Å². The lowest BCUT2D eigenvalue weighted by Crippen LogP contribution is -2.55.